The second-order valence-electron chi connectivity index (χ2n) is 4.77. The number of carbonyl (C=O) groups is 1. The number of halogens is 1. The van der Waals surface area contributed by atoms with Crippen LogP contribution >= 0.6 is 23.5 Å². The highest BCUT2D eigenvalue weighted by Gasteiger charge is 2.21. The van der Waals surface area contributed by atoms with E-state index in [1.165, 1.54) is 23.1 Å². The first-order valence-corrected chi connectivity index (χ1v) is 8.40. The van der Waals surface area contributed by atoms with Crippen LogP contribution in [0.4, 0.5) is 0 Å². The van der Waals surface area contributed by atoms with E-state index in [0.29, 0.717) is 16.7 Å². The molecule has 10 heteroatoms. The van der Waals surface area contributed by atoms with Crippen molar-refractivity contribution in [1.82, 2.24) is 24.8 Å². The van der Waals surface area contributed by atoms with Crippen LogP contribution in [0, 0.1) is 13.8 Å². The molecule has 0 N–H and O–H groups in total. The van der Waals surface area contributed by atoms with Crippen LogP contribution in [-0.2, 0) is 25.9 Å². The number of ketones is 1. The number of nitrogens with zero attached hydrogens (tertiary/aromatic N) is 6. The largest absolute Gasteiger partial charge is 1.00 e. The van der Waals surface area contributed by atoms with Crippen LogP contribution in [0.2, 0.25) is 0 Å². The van der Waals surface area contributed by atoms with Gasteiger partial charge in [-0.15, -0.1) is 5.10 Å². The van der Waals surface area contributed by atoms with E-state index in [1.54, 1.807) is 23.5 Å². The quantitative estimate of drug-likeness (QED) is 0.416. The maximum absolute atomic E-state index is 12.0. The summed E-state index contributed by atoms with van der Waals surface area (Å²) in [7, 11) is 5.81. The first-order chi connectivity index (χ1) is 9.91. The number of hydrogen-bond acceptors (Lipinski definition) is 6. The first kappa shape index (κ1) is 19.0. The smallest absolute Gasteiger partial charge is 0.318 e. The fraction of sp³-hybridized carbons (Fsp3) is 0.583. The van der Waals surface area contributed by atoms with E-state index in [0.717, 1.165) is 5.16 Å². The van der Waals surface area contributed by atoms with Gasteiger partial charge < -0.3 is 12.4 Å². The number of imidazole rings is 1. The van der Waals surface area contributed by atoms with Crippen LogP contribution in [0.5, 0.6) is 0 Å². The number of carbonyl (C=O) groups excluding carboxylic acids is 1. The average Bonchev–Trinajstić information content (AvgIpc) is 2.94. The zero-order chi connectivity index (χ0) is 15.6. The summed E-state index contributed by atoms with van der Waals surface area (Å²) in [5.74, 6) is 1.00. The van der Waals surface area contributed by atoms with E-state index in [-0.39, 0.29) is 18.2 Å². The molecule has 0 aliphatic carbocycles. The van der Waals surface area contributed by atoms with Crippen LogP contribution in [-0.4, -0.2) is 42.1 Å². The van der Waals surface area contributed by atoms with E-state index in [2.05, 4.69) is 38.5 Å². The molecule has 2 aromatic heterocycles. The summed E-state index contributed by atoms with van der Waals surface area (Å²) in [4.78, 5) is 12.0. The fourth-order valence-electron chi connectivity index (χ4n) is 1.87. The zero-order valence-electron chi connectivity index (χ0n) is 13.2. The Hall–Kier alpha value is -1.06. The highest BCUT2D eigenvalue weighted by atomic mass is 35.5. The maximum Gasteiger partial charge on any atom is 0.318 e. The molecule has 7 nitrogen and oxygen atoms in total. The minimum Gasteiger partial charge on any atom is -1.00 e. The molecule has 0 spiro atoms. The topological polar surface area (TPSA) is 69.5 Å². The molecule has 0 bridgehead atoms. The minimum atomic E-state index is 0. The Labute approximate surface area is 144 Å². The van der Waals surface area contributed by atoms with Gasteiger partial charge in [-0.2, -0.15) is 0 Å². The highest BCUT2D eigenvalue weighted by molar-refractivity contribution is 8.01. The van der Waals surface area contributed by atoms with Gasteiger partial charge in [0.25, 0.3) is 0 Å². The summed E-state index contributed by atoms with van der Waals surface area (Å²) in [6.45, 7) is 4.16. The molecule has 0 unspecified atom stereocenters. The Balaban J connectivity index is 0.00000242. The SMILES string of the molecule is Cc1c(C)[n+](C)c(SCC(=O)CSc2nnnn2C)n1C.[Cl-]. The lowest BCUT2D eigenvalue weighted by molar-refractivity contribution is -0.715. The van der Waals surface area contributed by atoms with Gasteiger partial charge in [-0.3, -0.25) is 4.79 Å². The second kappa shape index (κ2) is 7.98. The van der Waals surface area contributed by atoms with Crippen LogP contribution < -0.4 is 17.0 Å². The molecular weight excluding hydrogens is 344 g/mol. The molecule has 0 amide bonds. The molecule has 0 saturated carbocycles. The molecule has 2 rings (SSSR count). The molecule has 0 saturated heterocycles. The Kier molecular flexibility index (Phi) is 6.89. The van der Waals surface area contributed by atoms with E-state index in [9.17, 15) is 4.79 Å². The van der Waals surface area contributed by atoms with Crippen molar-refractivity contribution in [3.05, 3.63) is 11.4 Å². The van der Waals surface area contributed by atoms with Crippen molar-refractivity contribution in [3.63, 3.8) is 0 Å². The maximum atomic E-state index is 12.0. The first-order valence-electron chi connectivity index (χ1n) is 6.43. The number of thioether (sulfide) groups is 2. The number of tetrazole rings is 1. The molecule has 0 aliphatic rings. The Morgan fingerprint density at radius 2 is 1.86 bits per heavy atom. The van der Waals surface area contributed by atoms with E-state index >= 15 is 0 Å². The second-order valence-corrected chi connectivity index (χ2v) is 6.66. The Morgan fingerprint density at radius 1 is 1.23 bits per heavy atom. The number of rotatable bonds is 6. The number of Topliss-reactive ketones (excluding diaryl/α,β-unsaturated/α-hetero) is 1. The normalized spacial score (nSPS) is 10.6. The lowest BCUT2D eigenvalue weighted by Gasteiger charge is -2.00. The monoisotopic (exact) mass is 362 g/mol. The van der Waals surface area contributed by atoms with Crippen molar-refractivity contribution in [2.75, 3.05) is 11.5 Å². The molecule has 122 valence electrons. The van der Waals surface area contributed by atoms with Crippen molar-refractivity contribution in [2.24, 2.45) is 21.1 Å². The third-order valence-electron chi connectivity index (χ3n) is 3.41. The van der Waals surface area contributed by atoms with Gasteiger partial charge in [-0.05, 0) is 22.2 Å². The number of aryl methyl sites for hydroxylation is 1. The highest BCUT2D eigenvalue weighted by Crippen LogP contribution is 2.19. The van der Waals surface area contributed by atoms with Gasteiger partial charge >= 0.3 is 5.16 Å². The van der Waals surface area contributed by atoms with E-state index in [1.807, 2.05) is 14.1 Å². The van der Waals surface area contributed by atoms with Crippen molar-refractivity contribution in [2.45, 2.75) is 24.2 Å². The molecule has 2 aromatic rings. The summed E-state index contributed by atoms with van der Waals surface area (Å²) < 4.78 is 5.80. The molecular formula is C12H19ClN6OS2. The van der Waals surface area contributed by atoms with Crippen molar-refractivity contribution in [3.8, 4) is 0 Å². The zero-order valence-corrected chi connectivity index (χ0v) is 15.6. The molecule has 2 heterocycles. The predicted octanol–water partition coefficient (Wildman–Crippen LogP) is -2.55. The summed E-state index contributed by atoms with van der Waals surface area (Å²) in [5.41, 5.74) is 2.43. The Morgan fingerprint density at radius 3 is 2.36 bits per heavy atom. The van der Waals surface area contributed by atoms with E-state index < -0.39 is 0 Å². The summed E-state index contributed by atoms with van der Waals surface area (Å²) in [6, 6.07) is 0. The van der Waals surface area contributed by atoms with Crippen molar-refractivity contribution in [1.29, 1.82) is 0 Å². The van der Waals surface area contributed by atoms with Crippen LogP contribution in [0.1, 0.15) is 11.4 Å². The van der Waals surface area contributed by atoms with Gasteiger partial charge in [0.15, 0.2) is 5.78 Å². The molecule has 22 heavy (non-hydrogen) atoms. The molecule has 0 aliphatic heterocycles. The Bertz CT molecular complexity index is 643. The van der Waals surface area contributed by atoms with Crippen LogP contribution in [0.3, 0.4) is 0 Å². The van der Waals surface area contributed by atoms with Crippen molar-refractivity contribution >= 4 is 29.3 Å². The fourth-order valence-corrected chi connectivity index (χ4v) is 3.76. The standard InChI is InChI=1S/C12H19N6OS2.ClH/c1-8-9(2)17(4)12(16(8)3)21-7-10(19)6-20-11-13-14-15-18(11)5;/h6-7H2,1-5H3;1H/q+1;/p-1. The van der Waals surface area contributed by atoms with Crippen LogP contribution in [0.25, 0.3) is 0 Å². The summed E-state index contributed by atoms with van der Waals surface area (Å²) >= 11 is 2.93. The van der Waals surface area contributed by atoms with Gasteiger partial charge in [0.2, 0.25) is 5.16 Å². The van der Waals surface area contributed by atoms with Gasteiger partial charge in [-0.1, -0.05) is 11.8 Å². The average molecular weight is 363 g/mol. The van der Waals surface area contributed by atoms with Crippen LogP contribution in [0.15, 0.2) is 10.3 Å². The van der Waals surface area contributed by atoms with Gasteiger partial charge in [-0.25, -0.2) is 13.8 Å². The number of aromatic nitrogens is 6. The lowest BCUT2D eigenvalue weighted by Crippen LogP contribution is -3.00. The molecule has 0 aromatic carbocycles. The lowest BCUT2D eigenvalue weighted by atomic mass is 10.4. The van der Waals surface area contributed by atoms with Gasteiger partial charge in [0, 0.05) is 20.9 Å². The molecule has 0 atom stereocenters. The predicted molar refractivity (Wildman–Crippen MR) is 81.3 cm³/mol. The minimum absolute atomic E-state index is 0. The number of hydrogen-bond donors (Lipinski definition) is 0. The molecule has 0 radical (unpaired) electrons. The van der Waals surface area contributed by atoms with E-state index in [4.69, 9.17) is 0 Å². The summed E-state index contributed by atoms with van der Waals surface area (Å²) in [6.07, 6.45) is 0. The molecule has 0 fully saturated rings. The third-order valence-corrected chi connectivity index (χ3v) is 5.75. The van der Waals surface area contributed by atoms with Gasteiger partial charge in [0.05, 0.1) is 25.6 Å². The van der Waals surface area contributed by atoms with Gasteiger partial charge in [0.1, 0.15) is 11.4 Å². The third kappa shape index (κ3) is 4.02. The summed E-state index contributed by atoms with van der Waals surface area (Å²) in [5, 5.41) is 12.9. The van der Waals surface area contributed by atoms with Crippen molar-refractivity contribution < 1.29 is 21.8 Å².